The lowest BCUT2D eigenvalue weighted by Crippen LogP contribution is -2.37. The van der Waals surface area contributed by atoms with E-state index in [9.17, 15) is 29.3 Å². The van der Waals surface area contributed by atoms with Crippen molar-refractivity contribution in [2.24, 2.45) is 0 Å². The number of allylic oxidation sites excluding steroid dienone is 6. The van der Waals surface area contributed by atoms with E-state index in [1.807, 2.05) is 51.5 Å². The number of phosphoric ester groups is 1. The molecule has 0 spiro atoms. The van der Waals surface area contributed by atoms with Crippen LogP contribution in [0.2, 0.25) is 0 Å². The minimum absolute atomic E-state index is 0.0168. The van der Waals surface area contributed by atoms with Crippen LogP contribution in [-0.4, -0.2) is 92.5 Å². The van der Waals surface area contributed by atoms with Gasteiger partial charge in [0.05, 0.1) is 40.0 Å². The summed E-state index contributed by atoms with van der Waals surface area (Å²) >= 11 is 0. The minimum atomic E-state index is -4.70. The van der Waals surface area contributed by atoms with E-state index in [0.717, 1.165) is 88.6 Å². The van der Waals surface area contributed by atoms with Crippen LogP contribution in [0.25, 0.3) is 0 Å². The molecule has 4 atom stereocenters. The number of rotatable bonds is 37. The van der Waals surface area contributed by atoms with E-state index in [1.54, 1.807) is 18.2 Å². The van der Waals surface area contributed by atoms with Gasteiger partial charge in [-0.15, -0.1) is 0 Å². The molecule has 0 saturated heterocycles. The van der Waals surface area contributed by atoms with Gasteiger partial charge in [0.25, 0.3) is 7.82 Å². The predicted molar refractivity (Wildman–Crippen MR) is 242 cm³/mol. The molecule has 350 valence electrons. The highest BCUT2D eigenvalue weighted by molar-refractivity contribution is 7.45. The fourth-order valence-electron chi connectivity index (χ4n) is 6.28. The molecule has 0 amide bonds. The molecular formula is C48H82NO11P. The Morgan fingerprint density at radius 3 is 1.82 bits per heavy atom. The van der Waals surface area contributed by atoms with Crippen molar-refractivity contribution < 1.29 is 56.7 Å². The van der Waals surface area contributed by atoms with Crippen LogP contribution in [0.5, 0.6) is 0 Å². The number of furan rings is 1. The average Bonchev–Trinajstić information content (AvgIpc) is 3.46. The molecule has 1 aromatic heterocycles. The Kier molecular flexibility index (Phi) is 31.0. The van der Waals surface area contributed by atoms with Gasteiger partial charge in [0, 0.05) is 25.7 Å². The molecule has 0 bridgehead atoms. The van der Waals surface area contributed by atoms with Gasteiger partial charge in [-0.05, 0) is 69.9 Å². The number of carbonyl (C=O) groups is 2. The molecule has 1 aromatic rings. The number of unbranched alkanes of at least 4 members (excludes halogenated alkanes) is 9. The molecule has 13 heteroatoms. The van der Waals surface area contributed by atoms with E-state index in [4.69, 9.17) is 22.9 Å². The number of hydrogen-bond donors (Lipinski definition) is 2. The first kappa shape index (κ1) is 56.2. The van der Waals surface area contributed by atoms with Crippen molar-refractivity contribution in [2.75, 3.05) is 47.5 Å². The zero-order chi connectivity index (χ0) is 45.4. The van der Waals surface area contributed by atoms with Gasteiger partial charge in [-0.25, -0.2) is 0 Å². The molecule has 0 fully saturated rings. The van der Waals surface area contributed by atoms with E-state index in [1.165, 1.54) is 24.0 Å². The zero-order valence-corrected chi connectivity index (χ0v) is 39.7. The van der Waals surface area contributed by atoms with Gasteiger partial charge in [0.1, 0.15) is 31.3 Å². The van der Waals surface area contributed by atoms with Crippen LogP contribution in [0.4, 0.5) is 0 Å². The summed E-state index contributed by atoms with van der Waals surface area (Å²) in [6.07, 6.45) is 29.1. The second-order valence-corrected chi connectivity index (χ2v) is 18.5. The summed E-state index contributed by atoms with van der Waals surface area (Å²) in [6, 6.07) is 0. The van der Waals surface area contributed by atoms with Crippen LogP contribution in [0.1, 0.15) is 152 Å². The Labute approximate surface area is 368 Å². The summed E-state index contributed by atoms with van der Waals surface area (Å²) in [5, 5.41) is 20.2. The smallest absolute Gasteiger partial charge is 0.306 e. The average molecular weight is 880 g/mol. The Bertz CT molecular complexity index is 1490. The maximum atomic E-state index is 12.8. The van der Waals surface area contributed by atoms with Crippen molar-refractivity contribution in [3.63, 3.8) is 0 Å². The summed E-state index contributed by atoms with van der Waals surface area (Å²) in [5.74, 6) is 1.14. The van der Waals surface area contributed by atoms with Gasteiger partial charge in [0.2, 0.25) is 0 Å². The third-order valence-electron chi connectivity index (χ3n) is 10.3. The summed E-state index contributed by atoms with van der Waals surface area (Å²) in [7, 11) is 1.00. The SMILES string of the molecule is CCCCCc1oc(CCCCCCCCC(=O)O[C@H](COC(=O)CCC[C@@H](O)/C=C/C=C\C/C=C\C=C\[C@@H](O)CCCCC)COP(=O)([O-])OCC[N+](C)(C)C)c(C)c1C. The number of aryl methyl sites for hydroxylation is 2. The molecule has 1 unspecified atom stereocenters. The Morgan fingerprint density at radius 1 is 0.705 bits per heavy atom. The lowest BCUT2D eigenvalue weighted by Gasteiger charge is -2.28. The van der Waals surface area contributed by atoms with E-state index in [-0.39, 0.29) is 26.1 Å². The van der Waals surface area contributed by atoms with Gasteiger partial charge in [-0.3, -0.25) is 14.2 Å². The Hall–Kier alpha value is -2.83. The lowest BCUT2D eigenvalue weighted by atomic mass is 10.0. The first-order valence-corrected chi connectivity index (χ1v) is 24.4. The van der Waals surface area contributed by atoms with Crippen molar-refractivity contribution in [3.05, 3.63) is 71.3 Å². The molecule has 1 rings (SSSR count). The molecule has 61 heavy (non-hydrogen) atoms. The Balaban J connectivity index is 2.48. The van der Waals surface area contributed by atoms with Crippen LogP contribution in [0, 0.1) is 13.8 Å². The summed E-state index contributed by atoms with van der Waals surface area (Å²) in [6.45, 7) is 8.07. The molecule has 0 saturated carbocycles. The first-order chi connectivity index (χ1) is 29.1. The lowest BCUT2D eigenvalue weighted by molar-refractivity contribution is -0.870. The number of carbonyl (C=O) groups excluding carboxylic acids is 2. The fourth-order valence-corrected chi connectivity index (χ4v) is 7.01. The van der Waals surface area contributed by atoms with Crippen molar-refractivity contribution in [2.45, 2.75) is 174 Å². The van der Waals surface area contributed by atoms with Crippen molar-refractivity contribution in [1.29, 1.82) is 0 Å². The van der Waals surface area contributed by atoms with Crippen LogP contribution in [0.3, 0.4) is 0 Å². The Morgan fingerprint density at radius 2 is 1.23 bits per heavy atom. The second-order valence-electron chi connectivity index (χ2n) is 17.0. The highest BCUT2D eigenvalue weighted by Gasteiger charge is 2.22. The zero-order valence-electron chi connectivity index (χ0n) is 38.8. The number of nitrogens with zero attached hydrogens (tertiary/aromatic N) is 1. The maximum absolute atomic E-state index is 12.8. The van der Waals surface area contributed by atoms with Gasteiger partial charge < -0.3 is 42.5 Å². The van der Waals surface area contributed by atoms with Crippen molar-refractivity contribution in [1.82, 2.24) is 0 Å². The monoisotopic (exact) mass is 880 g/mol. The van der Waals surface area contributed by atoms with E-state index < -0.39 is 44.7 Å². The molecule has 0 aliphatic carbocycles. The van der Waals surface area contributed by atoms with E-state index >= 15 is 0 Å². The van der Waals surface area contributed by atoms with Crippen LogP contribution >= 0.6 is 7.82 Å². The van der Waals surface area contributed by atoms with E-state index in [0.29, 0.717) is 36.7 Å². The van der Waals surface area contributed by atoms with Gasteiger partial charge in [-0.2, -0.15) is 0 Å². The molecule has 1 heterocycles. The molecule has 0 aliphatic rings. The summed E-state index contributed by atoms with van der Waals surface area (Å²) in [5.41, 5.74) is 2.56. The number of aliphatic hydroxyl groups is 2. The molecule has 0 radical (unpaired) electrons. The standard InChI is InChI=1S/C48H82NO11P/c1-8-10-21-28-42(50)29-23-17-13-12-14-18-24-30-43(51)31-27-35-47(52)56-38-44(39-58-61(54,55)57-37-36-49(5,6)7)59-48(53)34-26-20-16-15-19-25-33-46-41(4)40(3)45(60-46)32-22-11-9-2/h13-14,17-18,23-24,29-30,42-44,50-51H,8-12,15-16,19-22,25-28,31-39H2,1-7H3/b17-13-,18-14-,29-23+,30-24+/t42-,43-,44+/m0/s1. The first-order valence-electron chi connectivity index (χ1n) is 22.9. The van der Waals surface area contributed by atoms with Crippen molar-refractivity contribution in [3.8, 4) is 0 Å². The van der Waals surface area contributed by atoms with Crippen LogP contribution < -0.4 is 4.89 Å². The minimum Gasteiger partial charge on any atom is -0.756 e. The summed E-state index contributed by atoms with van der Waals surface area (Å²) in [4.78, 5) is 37.7. The van der Waals surface area contributed by atoms with Crippen LogP contribution in [-0.2, 0) is 45.5 Å². The third-order valence-corrected chi connectivity index (χ3v) is 11.2. The number of esters is 2. The number of phosphoric acid groups is 1. The molecule has 0 aromatic carbocycles. The van der Waals surface area contributed by atoms with Gasteiger partial charge in [-0.1, -0.05) is 120 Å². The molecule has 12 nitrogen and oxygen atoms in total. The fraction of sp³-hybridized carbons (Fsp3) is 0.708. The predicted octanol–water partition coefficient (Wildman–Crippen LogP) is 9.65. The summed E-state index contributed by atoms with van der Waals surface area (Å²) < 4.78 is 40.0. The number of aliphatic hydroxyl groups excluding tert-OH is 2. The largest absolute Gasteiger partial charge is 0.756 e. The number of quaternary nitrogens is 1. The van der Waals surface area contributed by atoms with Gasteiger partial charge in [0.15, 0.2) is 6.10 Å². The van der Waals surface area contributed by atoms with Crippen molar-refractivity contribution >= 4 is 19.8 Å². The normalized spacial score (nSPS) is 15.0. The maximum Gasteiger partial charge on any atom is 0.306 e. The molecule has 2 N–H and O–H groups in total. The molecular weight excluding hydrogens is 797 g/mol. The topological polar surface area (TPSA) is 165 Å². The van der Waals surface area contributed by atoms with Gasteiger partial charge >= 0.3 is 11.9 Å². The third kappa shape index (κ3) is 30.8. The number of likely N-dealkylation sites (N-methyl/N-ethyl adjacent to an activating group) is 1. The number of hydrogen-bond acceptors (Lipinski definition) is 11. The number of ether oxygens (including phenoxy) is 2. The van der Waals surface area contributed by atoms with E-state index in [2.05, 4.69) is 27.7 Å². The quantitative estimate of drug-likeness (QED) is 0.0215. The molecule has 0 aliphatic heterocycles. The highest BCUT2D eigenvalue weighted by Crippen LogP contribution is 2.38. The second kappa shape index (κ2) is 33.7. The van der Waals surface area contributed by atoms with Crippen LogP contribution in [0.15, 0.2) is 53.0 Å². The highest BCUT2D eigenvalue weighted by atomic mass is 31.2.